The van der Waals surface area contributed by atoms with Crippen molar-refractivity contribution in [1.29, 1.82) is 0 Å². The molecule has 1 aromatic carbocycles. The van der Waals surface area contributed by atoms with Crippen LogP contribution in [0.5, 0.6) is 0 Å². The molecule has 1 aliphatic rings. The Morgan fingerprint density at radius 2 is 1.69 bits per heavy atom. The third-order valence-corrected chi connectivity index (χ3v) is 6.42. The second-order valence-corrected chi connectivity index (χ2v) is 9.06. The standard InChI is InChI=1S/C18H28FN3O3S/c1-14(2)22(15(3)4)18(23)13-20-8-10-21(11-9-20)26(24,25)17-7-5-6-16(19)12-17/h5-7,12,14-15H,8-11,13H2,1-4H3. The maximum absolute atomic E-state index is 13.3. The molecule has 1 aromatic rings. The largest absolute Gasteiger partial charge is 0.337 e. The Bertz CT molecular complexity index is 721. The van der Waals surface area contributed by atoms with Crippen LogP contribution in [-0.4, -0.2) is 73.2 Å². The molecule has 1 saturated heterocycles. The van der Waals surface area contributed by atoms with Crippen molar-refractivity contribution < 1.29 is 17.6 Å². The molecule has 1 fully saturated rings. The van der Waals surface area contributed by atoms with Crippen molar-refractivity contribution >= 4 is 15.9 Å². The first-order valence-corrected chi connectivity index (χ1v) is 10.4. The Labute approximate surface area is 155 Å². The zero-order valence-electron chi connectivity index (χ0n) is 15.9. The Morgan fingerprint density at radius 3 is 2.19 bits per heavy atom. The summed E-state index contributed by atoms with van der Waals surface area (Å²) in [4.78, 5) is 16.3. The van der Waals surface area contributed by atoms with Gasteiger partial charge in [0.25, 0.3) is 0 Å². The van der Waals surface area contributed by atoms with E-state index < -0.39 is 15.8 Å². The summed E-state index contributed by atoms with van der Waals surface area (Å²) in [5.74, 6) is -0.519. The molecule has 0 unspecified atom stereocenters. The van der Waals surface area contributed by atoms with Gasteiger partial charge in [0.1, 0.15) is 5.82 Å². The molecule has 0 spiro atoms. The highest BCUT2D eigenvalue weighted by atomic mass is 32.2. The van der Waals surface area contributed by atoms with Gasteiger partial charge < -0.3 is 4.90 Å². The van der Waals surface area contributed by atoms with Crippen LogP contribution in [0, 0.1) is 5.82 Å². The molecular formula is C18H28FN3O3S. The number of carbonyl (C=O) groups excluding carboxylic acids is 1. The number of rotatable bonds is 6. The minimum Gasteiger partial charge on any atom is -0.337 e. The van der Waals surface area contributed by atoms with Gasteiger partial charge in [0.15, 0.2) is 0 Å². The number of hydrogen-bond acceptors (Lipinski definition) is 4. The molecule has 26 heavy (non-hydrogen) atoms. The number of halogens is 1. The summed E-state index contributed by atoms with van der Waals surface area (Å²) < 4.78 is 39.9. The first kappa shape index (κ1) is 20.8. The van der Waals surface area contributed by atoms with Crippen molar-refractivity contribution in [2.24, 2.45) is 0 Å². The van der Waals surface area contributed by atoms with E-state index in [2.05, 4.69) is 0 Å². The molecule has 0 saturated carbocycles. The van der Waals surface area contributed by atoms with Gasteiger partial charge in [-0.15, -0.1) is 0 Å². The molecule has 0 bridgehead atoms. The van der Waals surface area contributed by atoms with Crippen LogP contribution in [0.4, 0.5) is 4.39 Å². The topological polar surface area (TPSA) is 60.9 Å². The van der Waals surface area contributed by atoms with E-state index in [1.807, 2.05) is 37.5 Å². The van der Waals surface area contributed by atoms with Gasteiger partial charge in [-0.2, -0.15) is 4.31 Å². The summed E-state index contributed by atoms with van der Waals surface area (Å²) in [5, 5.41) is 0. The average molecular weight is 386 g/mol. The molecule has 0 aliphatic carbocycles. The van der Waals surface area contributed by atoms with E-state index in [0.717, 1.165) is 6.07 Å². The number of hydrogen-bond donors (Lipinski definition) is 0. The number of sulfonamides is 1. The van der Waals surface area contributed by atoms with Crippen LogP contribution in [0.2, 0.25) is 0 Å². The molecule has 0 atom stereocenters. The van der Waals surface area contributed by atoms with Gasteiger partial charge >= 0.3 is 0 Å². The van der Waals surface area contributed by atoms with E-state index in [4.69, 9.17) is 0 Å². The van der Waals surface area contributed by atoms with Gasteiger partial charge in [-0.25, -0.2) is 12.8 Å². The minimum absolute atomic E-state index is 0.0344. The molecule has 1 heterocycles. The normalized spacial score (nSPS) is 17.0. The van der Waals surface area contributed by atoms with Crippen LogP contribution in [0.3, 0.4) is 0 Å². The van der Waals surface area contributed by atoms with Crippen LogP contribution < -0.4 is 0 Å². The molecule has 8 heteroatoms. The fourth-order valence-corrected chi connectivity index (χ4v) is 4.80. The van der Waals surface area contributed by atoms with Crippen LogP contribution >= 0.6 is 0 Å². The SMILES string of the molecule is CC(C)N(C(=O)CN1CCN(S(=O)(=O)c2cccc(F)c2)CC1)C(C)C. The quantitative estimate of drug-likeness (QED) is 0.749. The fraction of sp³-hybridized carbons (Fsp3) is 0.611. The highest BCUT2D eigenvalue weighted by Crippen LogP contribution is 2.18. The van der Waals surface area contributed by atoms with E-state index in [9.17, 15) is 17.6 Å². The monoisotopic (exact) mass is 385 g/mol. The number of amides is 1. The first-order valence-electron chi connectivity index (χ1n) is 8.92. The van der Waals surface area contributed by atoms with Crippen LogP contribution in [0.15, 0.2) is 29.2 Å². The molecular weight excluding hydrogens is 357 g/mol. The lowest BCUT2D eigenvalue weighted by Crippen LogP contribution is -2.53. The van der Waals surface area contributed by atoms with Crippen molar-refractivity contribution in [3.8, 4) is 0 Å². The zero-order chi connectivity index (χ0) is 19.5. The number of piperazine rings is 1. The predicted molar refractivity (Wildman–Crippen MR) is 98.7 cm³/mol. The highest BCUT2D eigenvalue weighted by molar-refractivity contribution is 7.89. The average Bonchev–Trinajstić information content (AvgIpc) is 2.54. The molecule has 6 nitrogen and oxygen atoms in total. The molecule has 0 aromatic heterocycles. The lowest BCUT2D eigenvalue weighted by molar-refractivity contribution is -0.136. The number of benzene rings is 1. The van der Waals surface area contributed by atoms with Crippen molar-refractivity contribution in [2.45, 2.75) is 44.7 Å². The molecule has 2 rings (SSSR count). The summed E-state index contributed by atoms with van der Waals surface area (Å²) in [5.41, 5.74) is 0. The van der Waals surface area contributed by atoms with Gasteiger partial charge in [-0.05, 0) is 45.9 Å². The molecule has 146 valence electrons. The van der Waals surface area contributed by atoms with E-state index in [1.165, 1.54) is 22.5 Å². The van der Waals surface area contributed by atoms with Crippen LogP contribution in [-0.2, 0) is 14.8 Å². The summed E-state index contributed by atoms with van der Waals surface area (Å²) in [6.45, 7) is 9.76. The summed E-state index contributed by atoms with van der Waals surface area (Å²) >= 11 is 0. The van der Waals surface area contributed by atoms with Gasteiger partial charge in [-0.1, -0.05) is 6.07 Å². The molecule has 0 N–H and O–H groups in total. The van der Waals surface area contributed by atoms with Gasteiger partial charge in [-0.3, -0.25) is 9.69 Å². The Balaban J connectivity index is 1.98. The maximum atomic E-state index is 13.3. The van der Waals surface area contributed by atoms with E-state index in [0.29, 0.717) is 13.1 Å². The van der Waals surface area contributed by atoms with E-state index >= 15 is 0 Å². The maximum Gasteiger partial charge on any atom is 0.243 e. The highest BCUT2D eigenvalue weighted by Gasteiger charge is 2.30. The Hall–Kier alpha value is -1.51. The number of nitrogens with zero attached hydrogens (tertiary/aromatic N) is 3. The van der Waals surface area contributed by atoms with E-state index in [-0.39, 0.29) is 42.5 Å². The number of carbonyl (C=O) groups is 1. The summed E-state index contributed by atoms with van der Waals surface area (Å²) in [6, 6.07) is 5.29. The van der Waals surface area contributed by atoms with Gasteiger partial charge in [0, 0.05) is 38.3 Å². The van der Waals surface area contributed by atoms with Crippen molar-refractivity contribution in [1.82, 2.24) is 14.1 Å². The van der Waals surface area contributed by atoms with Crippen molar-refractivity contribution in [3.05, 3.63) is 30.1 Å². The van der Waals surface area contributed by atoms with Gasteiger partial charge in [0.2, 0.25) is 15.9 Å². The molecule has 0 radical (unpaired) electrons. The first-order chi connectivity index (χ1) is 12.1. The smallest absolute Gasteiger partial charge is 0.243 e. The van der Waals surface area contributed by atoms with Crippen LogP contribution in [0.1, 0.15) is 27.7 Å². The minimum atomic E-state index is -3.71. The Morgan fingerprint density at radius 1 is 1.12 bits per heavy atom. The lowest BCUT2D eigenvalue weighted by Gasteiger charge is -2.36. The summed E-state index contributed by atoms with van der Waals surface area (Å²) in [7, 11) is -3.71. The zero-order valence-corrected chi connectivity index (χ0v) is 16.7. The molecule has 1 amide bonds. The third-order valence-electron chi connectivity index (χ3n) is 4.52. The van der Waals surface area contributed by atoms with Crippen molar-refractivity contribution in [2.75, 3.05) is 32.7 Å². The third kappa shape index (κ3) is 4.81. The van der Waals surface area contributed by atoms with Crippen molar-refractivity contribution in [3.63, 3.8) is 0 Å². The van der Waals surface area contributed by atoms with E-state index in [1.54, 1.807) is 0 Å². The second kappa shape index (κ2) is 8.45. The van der Waals surface area contributed by atoms with Gasteiger partial charge in [0.05, 0.1) is 11.4 Å². The molecule has 1 aliphatic heterocycles. The second-order valence-electron chi connectivity index (χ2n) is 7.13. The fourth-order valence-electron chi connectivity index (χ4n) is 3.35. The summed E-state index contributed by atoms with van der Waals surface area (Å²) in [6.07, 6.45) is 0. The van der Waals surface area contributed by atoms with Crippen LogP contribution in [0.25, 0.3) is 0 Å². The lowest BCUT2D eigenvalue weighted by atomic mass is 10.2. The Kier molecular flexibility index (Phi) is 6.76. The predicted octanol–water partition coefficient (Wildman–Crippen LogP) is 1.78.